The van der Waals surface area contributed by atoms with Gasteiger partial charge in [0.25, 0.3) is 0 Å². The van der Waals surface area contributed by atoms with Crippen molar-refractivity contribution in [3.8, 4) is 5.75 Å². The normalized spacial score (nSPS) is 12.4. The van der Waals surface area contributed by atoms with Crippen LogP contribution in [-0.4, -0.2) is 27.0 Å². The highest BCUT2D eigenvalue weighted by Gasteiger charge is 2.14. The number of ether oxygens (including phenoxy) is 1. The van der Waals surface area contributed by atoms with Gasteiger partial charge in [-0.25, -0.2) is 0 Å². The second-order valence-electron chi connectivity index (χ2n) is 6.71. The van der Waals surface area contributed by atoms with Gasteiger partial charge in [-0.05, 0) is 37.6 Å². The van der Waals surface area contributed by atoms with Crippen LogP contribution in [0.15, 0.2) is 48.5 Å². The highest BCUT2D eigenvalue weighted by molar-refractivity contribution is 5.75. The fraction of sp³-hybridized carbons (Fsp3) is 0.381. The molecule has 0 aliphatic carbocycles. The minimum absolute atomic E-state index is 0.198. The van der Waals surface area contributed by atoms with Gasteiger partial charge < -0.3 is 19.0 Å². The van der Waals surface area contributed by atoms with Gasteiger partial charge in [-0.1, -0.05) is 43.2 Å². The molecule has 0 spiro atoms. The highest BCUT2D eigenvalue weighted by atomic mass is 16.5. The van der Waals surface area contributed by atoms with E-state index in [9.17, 15) is 5.11 Å². The van der Waals surface area contributed by atoms with Gasteiger partial charge in [-0.3, -0.25) is 5.41 Å². The minimum atomic E-state index is -0.684. The topological polar surface area (TPSA) is 63.2 Å². The van der Waals surface area contributed by atoms with Crippen molar-refractivity contribution in [1.29, 1.82) is 5.41 Å². The van der Waals surface area contributed by atoms with E-state index in [1.54, 1.807) is 0 Å². The number of hydrogen-bond donors (Lipinski definition) is 2. The number of fused-ring (bicyclic) bond motifs is 1. The van der Waals surface area contributed by atoms with Crippen LogP contribution < -0.4 is 10.4 Å². The molecule has 5 heteroatoms. The maximum atomic E-state index is 10.4. The molecule has 0 saturated heterocycles. The van der Waals surface area contributed by atoms with Crippen LogP contribution in [0.3, 0.4) is 0 Å². The van der Waals surface area contributed by atoms with E-state index in [4.69, 9.17) is 10.1 Å². The molecule has 0 bridgehead atoms. The summed E-state index contributed by atoms with van der Waals surface area (Å²) in [5.74, 6) is 0.746. The number of aromatic nitrogens is 2. The molecule has 0 radical (unpaired) electrons. The number of nitrogens with zero attached hydrogens (tertiary/aromatic N) is 2. The number of aliphatic hydroxyl groups excluding tert-OH is 1. The largest absolute Gasteiger partial charge is 0.491 e. The van der Waals surface area contributed by atoms with Crippen LogP contribution in [0.2, 0.25) is 0 Å². The molecular weight excluding hydrogens is 326 g/mol. The number of nitrogens with one attached hydrogen (secondary N) is 1. The van der Waals surface area contributed by atoms with Crippen LogP contribution in [-0.2, 0) is 13.1 Å². The first-order chi connectivity index (χ1) is 12.6. The van der Waals surface area contributed by atoms with Crippen molar-refractivity contribution in [2.24, 2.45) is 0 Å². The number of para-hydroxylation sites is 2. The zero-order valence-electron chi connectivity index (χ0n) is 15.5. The summed E-state index contributed by atoms with van der Waals surface area (Å²) in [7, 11) is 0. The molecule has 138 valence electrons. The predicted molar refractivity (Wildman–Crippen MR) is 103 cm³/mol. The van der Waals surface area contributed by atoms with Crippen molar-refractivity contribution in [3.63, 3.8) is 0 Å². The quantitative estimate of drug-likeness (QED) is 0.651. The Bertz CT molecular complexity index is 909. The number of benzene rings is 2. The molecule has 3 aromatic rings. The third-order valence-electron chi connectivity index (χ3n) is 4.57. The van der Waals surface area contributed by atoms with Crippen molar-refractivity contribution >= 4 is 11.0 Å². The molecule has 1 aromatic heterocycles. The molecule has 1 unspecified atom stereocenters. The summed E-state index contributed by atoms with van der Waals surface area (Å²) >= 11 is 0. The maximum Gasteiger partial charge on any atom is 0.203 e. The van der Waals surface area contributed by atoms with Gasteiger partial charge in [0.1, 0.15) is 18.5 Å². The lowest BCUT2D eigenvalue weighted by Gasteiger charge is -2.14. The Labute approximate surface area is 154 Å². The Morgan fingerprint density at radius 2 is 1.69 bits per heavy atom. The van der Waals surface area contributed by atoms with Crippen LogP contribution in [0.25, 0.3) is 11.0 Å². The van der Waals surface area contributed by atoms with Gasteiger partial charge in [0.15, 0.2) is 0 Å². The molecule has 1 heterocycles. The number of aliphatic hydroxyl groups is 1. The summed E-state index contributed by atoms with van der Waals surface area (Å²) in [6.45, 7) is 5.53. The predicted octanol–water partition coefficient (Wildman–Crippen LogP) is 3.47. The first-order valence-electron chi connectivity index (χ1n) is 9.20. The molecule has 26 heavy (non-hydrogen) atoms. The Morgan fingerprint density at radius 1 is 1.04 bits per heavy atom. The average Bonchev–Trinajstić information content (AvgIpc) is 2.91. The Kier molecular flexibility index (Phi) is 5.78. The molecule has 0 fully saturated rings. The van der Waals surface area contributed by atoms with Crippen molar-refractivity contribution < 1.29 is 9.84 Å². The fourth-order valence-corrected chi connectivity index (χ4v) is 3.11. The summed E-state index contributed by atoms with van der Waals surface area (Å²) in [6.07, 6.45) is 1.43. The van der Waals surface area contributed by atoms with E-state index in [1.165, 1.54) is 5.56 Å². The summed E-state index contributed by atoms with van der Waals surface area (Å²) in [4.78, 5) is 0. The van der Waals surface area contributed by atoms with E-state index in [2.05, 4.69) is 6.92 Å². The van der Waals surface area contributed by atoms with E-state index in [0.29, 0.717) is 12.2 Å². The molecule has 0 amide bonds. The molecule has 0 saturated carbocycles. The fourth-order valence-electron chi connectivity index (χ4n) is 3.11. The Hall–Kier alpha value is -2.53. The van der Waals surface area contributed by atoms with Crippen LogP contribution in [0.4, 0.5) is 0 Å². The molecular formula is C21H27N3O2. The molecule has 0 aliphatic heterocycles. The smallest absolute Gasteiger partial charge is 0.203 e. The van der Waals surface area contributed by atoms with Gasteiger partial charge in [-0.15, -0.1) is 0 Å². The zero-order chi connectivity index (χ0) is 18.5. The van der Waals surface area contributed by atoms with Crippen molar-refractivity contribution in [2.45, 2.75) is 45.9 Å². The van der Waals surface area contributed by atoms with Crippen LogP contribution in [0.1, 0.15) is 25.3 Å². The number of hydrogen-bond acceptors (Lipinski definition) is 3. The van der Waals surface area contributed by atoms with E-state index < -0.39 is 6.10 Å². The van der Waals surface area contributed by atoms with Crippen molar-refractivity contribution in [1.82, 2.24) is 9.13 Å². The summed E-state index contributed by atoms with van der Waals surface area (Å²) < 4.78 is 9.58. The lowest BCUT2D eigenvalue weighted by atomic mass is 10.2. The Balaban J connectivity index is 1.76. The second kappa shape index (κ2) is 8.23. The highest BCUT2D eigenvalue weighted by Crippen LogP contribution is 2.15. The first kappa shape index (κ1) is 18.3. The second-order valence-corrected chi connectivity index (χ2v) is 6.71. The van der Waals surface area contributed by atoms with Gasteiger partial charge in [0.05, 0.1) is 17.6 Å². The first-order valence-corrected chi connectivity index (χ1v) is 9.20. The zero-order valence-corrected chi connectivity index (χ0v) is 15.5. The molecule has 0 aliphatic rings. The van der Waals surface area contributed by atoms with Crippen molar-refractivity contribution in [3.05, 3.63) is 59.7 Å². The van der Waals surface area contributed by atoms with Crippen LogP contribution in [0.5, 0.6) is 5.75 Å². The average molecular weight is 353 g/mol. The van der Waals surface area contributed by atoms with E-state index in [1.807, 2.05) is 64.6 Å². The van der Waals surface area contributed by atoms with Crippen LogP contribution in [0, 0.1) is 12.3 Å². The van der Waals surface area contributed by atoms with Gasteiger partial charge in [0, 0.05) is 6.54 Å². The maximum absolute atomic E-state index is 10.4. The molecule has 2 aromatic carbocycles. The number of imidazole rings is 1. The van der Waals surface area contributed by atoms with E-state index in [-0.39, 0.29) is 6.61 Å². The molecule has 5 nitrogen and oxygen atoms in total. The standard InChI is InChI=1S/C21H27N3O2/c1-3-4-13-23-19-7-5-6-8-20(19)24(21(23)22)14-17(25)15-26-18-11-9-16(2)10-12-18/h5-12,17,22,25H,3-4,13-15H2,1-2H3. The van der Waals surface area contributed by atoms with Crippen molar-refractivity contribution in [2.75, 3.05) is 6.61 Å². The van der Waals surface area contributed by atoms with E-state index >= 15 is 0 Å². The summed E-state index contributed by atoms with van der Waals surface area (Å²) in [6, 6.07) is 15.8. The third-order valence-corrected chi connectivity index (χ3v) is 4.57. The number of aryl methyl sites for hydroxylation is 2. The summed E-state index contributed by atoms with van der Waals surface area (Å²) in [5, 5.41) is 19.0. The number of unbranched alkanes of at least 4 members (excludes halogenated alkanes) is 1. The monoisotopic (exact) mass is 353 g/mol. The Morgan fingerprint density at radius 3 is 2.35 bits per heavy atom. The molecule has 2 N–H and O–H groups in total. The molecule has 1 atom stereocenters. The van der Waals surface area contributed by atoms with E-state index in [0.717, 1.165) is 36.2 Å². The summed E-state index contributed by atoms with van der Waals surface area (Å²) in [5.41, 5.74) is 3.61. The van der Waals surface area contributed by atoms with Gasteiger partial charge in [-0.2, -0.15) is 0 Å². The lowest BCUT2D eigenvalue weighted by Crippen LogP contribution is -2.31. The lowest BCUT2D eigenvalue weighted by molar-refractivity contribution is 0.0921. The number of rotatable bonds is 8. The minimum Gasteiger partial charge on any atom is -0.491 e. The SMILES string of the molecule is CCCCn1c(=N)n(CC(O)COc2ccc(C)cc2)c2ccccc21. The van der Waals surface area contributed by atoms with Crippen LogP contribution >= 0.6 is 0 Å². The van der Waals surface area contributed by atoms with Gasteiger partial charge >= 0.3 is 0 Å². The third kappa shape index (κ3) is 3.99. The van der Waals surface area contributed by atoms with Gasteiger partial charge in [0.2, 0.25) is 5.62 Å². The molecule has 3 rings (SSSR count).